The molecule has 5 nitrogen and oxygen atoms in total. The number of nitrogen functional groups attached to an aromatic ring is 1. The lowest BCUT2D eigenvalue weighted by Gasteiger charge is -2.33. The molecule has 4 rings (SSSR count). The molecule has 1 aromatic carbocycles. The van der Waals surface area contributed by atoms with Gasteiger partial charge in [0.1, 0.15) is 11.6 Å². The van der Waals surface area contributed by atoms with Gasteiger partial charge in [-0.15, -0.1) is 0 Å². The highest BCUT2D eigenvalue weighted by Crippen LogP contribution is 2.32. The van der Waals surface area contributed by atoms with E-state index in [1.165, 1.54) is 29.7 Å². The molecule has 5 heteroatoms. The fraction of sp³-hybridized carbons (Fsp3) is 0.429. The highest BCUT2D eigenvalue weighted by atomic mass is 15.2. The van der Waals surface area contributed by atoms with Gasteiger partial charge in [-0.3, -0.25) is 4.90 Å². The summed E-state index contributed by atoms with van der Waals surface area (Å²) >= 11 is 0. The molecule has 0 saturated carbocycles. The third-order valence-corrected chi connectivity index (χ3v) is 5.26. The van der Waals surface area contributed by atoms with Gasteiger partial charge in [-0.25, -0.2) is 9.97 Å². The maximum Gasteiger partial charge on any atom is 0.123 e. The van der Waals surface area contributed by atoms with Crippen LogP contribution in [0.5, 0.6) is 0 Å². The van der Waals surface area contributed by atoms with Gasteiger partial charge in [0.25, 0.3) is 0 Å². The number of hydrogen-bond acceptors (Lipinski definition) is 4. The van der Waals surface area contributed by atoms with Gasteiger partial charge in [0, 0.05) is 31.2 Å². The zero-order valence-electron chi connectivity index (χ0n) is 15.6. The number of nitrogens with zero attached hydrogens (tertiary/aromatic N) is 4. The maximum atomic E-state index is 5.84. The van der Waals surface area contributed by atoms with Crippen molar-refractivity contribution in [2.45, 2.75) is 45.2 Å². The minimum Gasteiger partial charge on any atom is -0.384 e. The van der Waals surface area contributed by atoms with E-state index < -0.39 is 0 Å². The summed E-state index contributed by atoms with van der Waals surface area (Å²) in [5.41, 5.74) is 9.42. The first-order valence-electron chi connectivity index (χ1n) is 9.51. The monoisotopic (exact) mass is 349 g/mol. The van der Waals surface area contributed by atoms with Crippen molar-refractivity contribution >= 4 is 16.9 Å². The first-order chi connectivity index (χ1) is 12.6. The Labute approximate surface area is 154 Å². The molecule has 3 aromatic rings. The van der Waals surface area contributed by atoms with Crippen LogP contribution in [0.1, 0.15) is 50.0 Å². The number of nitrogens with two attached hydrogens (primary N) is 1. The van der Waals surface area contributed by atoms with E-state index in [0.29, 0.717) is 17.8 Å². The average Bonchev–Trinajstić information content (AvgIpc) is 3.02. The van der Waals surface area contributed by atoms with Gasteiger partial charge >= 0.3 is 0 Å². The van der Waals surface area contributed by atoms with Crippen molar-refractivity contribution in [2.75, 3.05) is 18.8 Å². The van der Waals surface area contributed by atoms with Crippen LogP contribution in [0, 0.1) is 0 Å². The van der Waals surface area contributed by atoms with Crippen molar-refractivity contribution in [3.63, 3.8) is 0 Å². The molecule has 1 aliphatic heterocycles. The summed E-state index contributed by atoms with van der Waals surface area (Å²) in [7, 11) is 0. The van der Waals surface area contributed by atoms with Crippen LogP contribution in [-0.2, 0) is 6.54 Å². The molecule has 136 valence electrons. The van der Waals surface area contributed by atoms with Crippen LogP contribution in [0.4, 0.5) is 5.82 Å². The molecule has 0 bridgehead atoms. The Kier molecular flexibility index (Phi) is 4.64. The van der Waals surface area contributed by atoms with Crippen LogP contribution in [0.3, 0.4) is 0 Å². The molecular weight excluding hydrogens is 322 g/mol. The first-order valence-corrected chi connectivity index (χ1v) is 9.51. The third kappa shape index (κ3) is 3.31. The smallest absolute Gasteiger partial charge is 0.123 e. The summed E-state index contributed by atoms with van der Waals surface area (Å²) in [6, 6.07) is 12.9. The summed E-state index contributed by atoms with van der Waals surface area (Å²) in [5.74, 6) is 2.30. The minimum absolute atomic E-state index is 0.410. The molecule has 1 fully saturated rings. The van der Waals surface area contributed by atoms with Gasteiger partial charge in [-0.05, 0) is 63.1 Å². The predicted molar refractivity (Wildman–Crippen MR) is 106 cm³/mol. The number of anilines is 1. The SMILES string of the molecule is CC(C)n1c(C2CCCN(Cc3ccnc(N)c3)C2)nc2ccccc21. The van der Waals surface area contributed by atoms with Crippen LogP contribution in [0.25, 0.3) is 11.0 Å². The topological polar surface area (TPSA) is 60.0 Å². The number of para-hydroxylation sites is 2. The van der Waals surface area contributed by atoms with Gasteiger partial charge in [0.15, 0.2) is 0 Å². The first kappa shape index (κ1) is 17.0. The number of likely N-dealkylation sites (tertiary alicyclic amines) is 1. The lowest BCUT2D eigenvalue weighted by molar-refractivity contribution is 0.194. The fourth-order valence-corrected chi connectivity index (χ4v) is 4.15. The number of rotatable bonds is 4. The molecular formula is C21H27N5. The van der Waals surface area contributed by atoms with Crippen molar-refractivity contribution in [3.05, 3.63) is 54.0 Å². The van der Waals surface area contributed by atoms with E-state index in [0.717, 1.165) is 25.2 Å². The predicted octanol–water partition coefficient (Wildman–Crippen LogP) is 3.97. The minimum atomic E-state index is 0.410. The van der Waals surface area contributed by atoms with E-state index in [2.05, 4.69) is 58.6 Å². The Morgan fingerprint density at radius 2 is 2.08 bits per heavy atom. The second-order valence-corrected chi connectivity index (χ2v) is 7.59. The number of pyridine rings is 1. The summed E-state index contributed by atoms with van der Waals surface area (Å²) in [5, 5.41) is 0. The second-order valence-electron chi connectivity index (χ2n) is 7.59. The van der Waals surface area contributed by atoms with E-state index in [1.807, 2.05) is 6.07 Å². The second kappa shape index (κ2) is 7.08. The molecule has 0 aliphatic carbocycles. The van der Waals surface area contributed by atoms with Crippen molar-refractivity contribution in [2.24, 2.45) is 0 Å². The van der Waals surface area contributed by atoms with E-state index in [-0.39, 0.29) is 0 Å². The molecule has 1 unspecified atom stereocenters. The molecule has 1 saturated heterocycles. The molecule has 0 amide bonds. The molecule has 0 spiro atoms. The van der Waals surface area contributed by atoms with Crippen LogP contribution in [0.15, 0.2) is 42.6 Å². The maximum absolute atomic E-state index is 5.84. The molecule has 1 aliphatic rings. The number of benzene rings is 1. The van der Waals surface area contributed by atoms with Crippen molar-refractivity contribution in [1.82, 2.24) is 19.4 Å². The summed E-state index contributed by atoms with van der Waals surface area (Å²) in [6.45, 7) is 7.58. The number of imidazole rings is 1. The lowest BCUT2D eigenvalue weighted by atomic mass is 9.96. The Morgan fingerprint density at radius 1 is 1.23 bits per heavy atom. The third-order valence-electron chi connectivity index (χ3n) is 5.26. The zero-order valence-corrected chi connectivity index (χ0v) is 15.6. The Bertz CT molecular complexity index is 898. The summed E-state index contributed by atoms with van der Waals surface area (Å²) in [6.07, 6.45) is 4.20. The van der Waals surface area contributed by atoms with Gasteiger partial charge in [0.05, 0.1) is 11.0 Å². The van der Waals surface area contributed by atoms with Crippen molar-refractivity contribution in [3.8, 4) is 0 Å². The van der Waals surface area contributed by atoms with E-state index in [9.17, 15) is 0 Å². The molecule has 1 atom stereocenters. The molecule has 26 heavy (non-hydrogen) atoms. The van der Waals surface area contributed by atoms with E-state index in [1.54, 1.807) is 6.20 Å². The number of hydrogen-bond donors (Lipinski definition) is 1. The van der Waals surface area contributed by atoms with E-state index >= 15 is 0 Å². The van der Waals surface area contributed by atoms with Crippen LogP contribution in [-0.4, -0.2) is 32.5 Å². The molecule has 2 aromatic heterocycles. The molecule has 3 heterocycles. The summed E-state index contributed by atoms with van der Waals surface area (Å²) in [4.78, 5) is 11.6. The van der Waals surface area contributed by atoms with Gasteiger partial charge < -0.3 is 10.3 Å². The van der Waals surface area contributed by atoms with E-state index in [4.69, 9.17) is 10.7 Å². The largest absolute Gasteiger partial charge is 0.384 e. The van der Waals surface area contributed by atoms with Crippen molar-refractivity contribution < 1.29 is 0 Å². The Balaban J connectivity index is 1.60. The molecule has 0 radical (unpaired) electrons. The standard InChI is InChI=1S/C21H27N5/c1-15(2)26-19-8-4-3-7-18(19)24-21(26)17-6-5-11-25(14-17)13-16-9-10-23-20(22)12-16/h3-4,7-10,12,15,17H,5-6,11,13-14H2,1-2H3,(H2,22,23). The number of piperidine rings is 1. The average molecular weight is 349 g/mol. The summed E-state index contributed by atoms with van der Waals surface area (Å²) < 4.78 is 2.42. The number of fused-ring (bicyclic) bond motifs is 1. The highest BCUT2D eigenvalue weighted by Gasteiger charge is 2.27. The quantitative estimate of drug-likeness (QED) is 0.774. The lowest BCUT2D eigenvalue weighted by Crippen LogP contribution is -2.35. The molecule has 2 N–H and O–H groups in total. The van der Waals surface area contributed by atoms with Crippen molar-refractivity contribution in [1.29, 1.82) is 0 Å². The van der Waals surface area contributed by atoms with Gasteiger partial charge in [0.2, 0.25) is 0 Å². The van der Waals surface area contributed by atoms with Crippen LogP contribution >= 0.6 is 0 Å². The Morgan fingerprint density at radius 3 is 2.88 bits per heavy atom. The van der Waals surface area contributed by atoms with Crippen LogP contribution < -0.4 is 5.73 Å². The highest BCUT2D eigenvalue weighted by molar-refractivity contribution is 5.76. The van der Waals surface area contributed by atoms with Gasteiger partial charge in [-0.2, -0.15) is 0 Å². The number of aromatic nitrogens is 3. The van der Waals surface area contributed by atoms with Crippen LogP contribution in [0.2, 0.25) is 0 Å². The Hall–Kier alpha value is -2.40. The normalized spacial score (nSPS) is 18.7. The zero-order chi connectivity index (χ0) is 18.1. The van der Waals surface area contributed by atoms with Gasteiger partial charge in [-0.1, -0.05) is 12.1 Å². The fourth-order valence-electron chi connectivity index (χ4n) is 4.15.